The number of rotatable bonds is 3. The SMILES string of the molecule is CCC1=[C]([Zr])CC(C2=CC=CC2)=C1CC. The molecule has 0 aromatic rings. The van der Waals surface area contributed by atoms with Crippen molar-refractivity contribution in [3.63, 3.8) is 0 Å². The predicted octanol–water partition coefficient (Wildman–Crippen LogP) is 4.19. The van der Waals surface area contributed by atoms with E-state index in [0.717, 1.165) is 6.42 Å². The molecule has 0 amide bonds. The molecule has 0 radical (unpaired) electrons. The Hall–Kier alpha value is -0.157. The van der Waals surface area contributed by atoms with Crippen molar-refractivity contribution >= 4 is 0 Å². The van der Waals surface area contributed by atoms with Gasteiger partial charge in [-0.15, -0.1) is 0 Å². The molecule has 0 fully saturated rings. The maximum atomic E-state index is 2.30. The Morgan fingerprint density at radius 1 is 1.20 bits per heavy atom. The van der Waals surface area contributed by atoms with Crippen LogP contribution in [0.1, 0.15) is 39.5 Å². The Morgan fingerprint density at radius 2 is 1.93 bits per heavy atom. The van der Waals surface area contributed by atoms with Crippen molar-refractivity contribution in [2.75, 3.05) is 0 Å². The quantitative estimate of drug-likeness (QED) is 0.725. The first-order valence-corrected chi connectivity index (χ1v) is 7.02. The zero-order valence-electron chi connectivity index (χ0n) is 9.56. The summed E-state index contributed by atoms with van der Waals surface area (Å²) in [6.07, 6.45) is 11.6. The van der Waals surface area contributed by atoms with E-state index in [4.69, 9.17) is 0 Å². The molecule has 0 bridgehead atoms. The van der Waals surface area contributed by atoms with E-state index in [2.05, 4.69) is 32.1 Å². The molecule has 1 heteroatoms. The van der Waals surface area contributed by atoms with Gasteiger partial charge < -0.3 is 0 Å². The van der Waals surface area contributed by atoms with Crippen LogP contribution in [-0.4, -0.2) is 0 Å². The minimum atomic E-state index is 1.15. The first kappa shape index (κ1) is 11.3. The zero-order valence-corrected chi connectivity index (χ0v) is 12.0. The van der Waals surface area contributed by atoms with E-state index in [1.54, 1.807) is 50.3 Å². The summed E-state index contributed by atoms with van der Waals surface area (Å²) in [5, 5.41) is 0. The van der Waals surface area contributed by atoms with Crippen LogP contribution in [0, 0.1) is 0 Å². The van der Waals surface area contributed by atoms with Crippen LogP contribution in [-0.2, 0) is 24.7 Å². The molecule has 0 saturated heterocycles. The molecule has 0 aliphatic heterocycles. The van der Waals surface area contributed by atoms with Gasteiger partial charge in [0.25, 0.3) is 0 Å². The first-order valence-electron chi connectivity index (χ1n) is 5.80. The number of hydrogen-bond donors (Lipinski definition) is 0. The fraction of sp³-hybridized carbons (Fsp3) is 0.429. The van der Waals surface area contributed by atoms with Crippen molar-refractivity contribution in [1.82, 2.24) is 0 Å². The molecule has 0 N–H and O–H groups in total. The van der Waals surface area contributed by atoms with Gasteiger partial charge in [-0.3, -0.25) is 0 Å². The van der Waals surface area contributed by atoms with Crippen LogP contribution >= 0.6 is 0 Å². The van der Waals surface area contributed by atoms with E-state index in [1.165, 1.54) is 19.3 Å². The molecular weight excluding hydrogens is 259 g/mol. The van der Waals surface area contributed by atoms with Gasteiger partial charge in [-0.1, -0.05) is 0 Å². The first-order chi connectivity index (χ1) is 7.27. The summed E-state index contributed by atoms with van der Waals surface area (Å²) >= 11 is 1.61. The van der Waals surface area contributed by atoms with E-state index in [0.29, 0.717) is 0 Å². The van der Waals surface area contributed by atoms with Gasteiger partial charge in [0.1, 0.15) is 0 Å². The van der Waals surface area contributed by atoms with E-state index in [1.807, 2.05) is 0 Å². The standard InChI is InChI=1S/C14H17.Zr/c1-3-11-9-10-14(13(11)4-2)12-7-5-6-8-12;/h5-7H,3-4,8,10H2,1-2H3;. The maximum absolute atomic E-state index is 2.30. The molecule has 15 heavy (non-hydrogen) atoms. The second kappa shape index (κ2) is 4.79. The Balaban J connectivity index is 2.34. The van der Waals surface area contributed by atoms with Gasteiger partial charge >= 0.3 is 108 Å². The van der Waals surface area contributed by atoms with Crippen LogP contribution < -0.4 is 0 Å². The fourth-order valence-corrected chi connectivity index (χ4v) is 3.83. The van der Waals surface area contributed by atoms with E-state index in [-0.39, 0.29) is 0 Å². The molecule has 0 heterocycles. The summed E-state index contributed by atoms with van der Waals surface area (Å²) in [5.74, 6) is 0. The summed E-state index contributed by atoms with van der Waals surface area (Å²) in [5.41, 5.74) is 6.53. The summed E-state index contributed by atoms with van der Waals surface area (Å²) in [6.45, 7) is 4.59. The molecule has 0 aromatic heterocycles. The van der Waals surface area contributed by atoms with Crippen molar-refractivity contribution in [3.8, 4) is 0 Å². The van der Waals surface area contributed by atoms with Gasteiger partial charge in [-0.2, -0.15) is 0 Å². The van der Waals surface area contributed by atoms with Crippen molar-refractivity contribution in [1.29, 1.82) is 0 Å². The molecule has 2 rings (SSSR count). The van der Waals surface area contributed by atoms with Crippen molar-refractivity contribution in [2.45, 2.75) is 39.5 Å². The Bertz CT molecular complexity index is 392. The van der Waals surface area contributed by atoms with Crippen LogP contribution in [0.2, 0.25) is 0 Å². The van der Waals surface area contributed by atoms with Gasteiger partial charge in [0, 0.05) is 0 Å². The van der Waals surface area contributed by atoms with Gasteiger partial charge in [0.05, 0.1) is 0 Å². The molecule has 0 saturated carbocycles. The number of hydrogen-bond acceptors (Lipinski definition) is 0. The van der Waals surface area contributed by atoms with Crippen LogP contribution in [0.4, 0.5) is 0 Å². The summed E-state index contributed by atoms with van der Waals surface area (Å²) < 4.78 is 1.68. The third-order valence-electron chi connectivity index (χ3n) is 3.31. The van der Waals surface area contributed by atoms with Crippen molar-refractivity contribution in [3.05, 3.63) is 43.8 Å². The van der Waals surface area contributed by atoms with Gasteiger partial charge in [0.2, 0.25) is 0 Å². The molecule has 2 aliphatic carbocycles. The summed E-state index contributed by atoms with van der Waals surface area (Å²) in [6, 6.07) is 0. The molecule has 0 unspecified atom stereocenters. The van der Waals surface area contributed by atoms with Crippen LogP contribution in [0.3, 0.4) is 0 Å². The topological polar surface area (TPSA) is 0 Å². The summed E-state index contributed by atoms with van der Waals surface area (Å²) in [4.78, 5) is 0. The fourth-order valence-electron chi connectivity index (χ4n) is 2.59. The Morgan fingerprint density at radius 3 is 2.47 bits per heavy atom. The molecule has 0 spiro atoms. The van der Waals surface area contributed by atoms with Crippen molar-refractivity contribution in [2.24, 2.45) is 0 Å². The van der Waals surface area contributed by atoms with Gasteiger partial charge in [0.15, 0.2) is 0 Å². The van der Waals surface area contributed by atoms with Crippen molar-refractivity contribution < 1.29 is 24.7 Å². The van der Waals surface area contributed by atoms with Gasteiger partial charge in [-0.25, -0.2) is 0 Å². The minimum absolute atomic E-state index is 1.15. The van der Waals surface area contributed by atoms with E-state index in [9.17, 15) is 0 Å². The Labute approximate surface area is 108 Å². The van der Waals surface area contributed by atoms with E-state index < -0.39 is 0 Å². The average molecular weight is 277 g/mol. The normalized spacial score (nSPS) is 20.5. The molecular formula is C14H17Zr. The predicted molar refractivity (Wildman–Crippen MR) is 61.1 cm³/mol. The molecule has 0 nitrogen and oxygen atoms in total. The molecule has 77 valence electrons. The van der Waals surface area contributed by atoms with Gasteiger partial charge in [-0.05, 0) is 0 Å². The van der Waals surface area contributed by atoms with Crippen LogP contribution in [0.15, 0.2) is 43.8 Å². The molecule has 0 atom stereocenters. The Kier molecular flexibility index (Phi) is 3.62. The molecule has 0 aromatic carbocycles. The molecule has 2 aliphatic rings. The second-order valence-corrected chi connectivity index (χ2v) is 5.61. The van der Waals surface area contributed by atoms with Crippen LogP contribution in [0.5, 0.6) is 0 Å². The number of allylic oxidation sites excluding steroid dienone is 8. The third kappa shape index (κ3) is 2.04. The third-order valence-corrected chi connectivity index (χ3v) is 4.49. The van der Waals surface area contributed by atoms with Crippen LogP contribution in [0.25, 0.3) is 0 Å². The monoisotopic (exact) mass is 275 g/mol. The zero-order chi connectivity index (χ0) is 10.8. The second-order valence-electron chi connectivity index (χ2n) is 4.12. The summed E-state index contributed by atoms with van der Waals surface area (Å²) in [7, 11) is 0. The van der Waals surface area contributed by atoms with E-state index >= 15 is 0 Å². The average Bonchev–Trinajstić information content (AvgIpc) is 2.83.